The van der Waals surface area contributed by atoms with Crippen LogP contribution in [0.15, 0.2) is 29.7 Å². The third-order valence-corrected chi connectivity index (χ3v) is 17.4. The van der Waals surface area contributed by atoms with Gasteiger partial charge in [0.1, 0.15) is 30.5 Å². The molecule has 58 heavy (non-hydrogen) atoms. The number of hydrogen-bond acceptors (Lipinski definition) is 17. The smallest absolute Gasteiger partial charge is 0.408 e. The molecule has 1 amide bonds. The van der Waals surface area contributed by atoms with Gasteiger partial charge in [-0.1, -0.05) is 34.6 Å². The van der Waals surface area contributed by atoms with Gasteiger partial charge < -0.3 is 28.6 Å². The van der Waals surface area contributed by atoms with E-state index in [2.05, 4.69) is 35.6 Å². The number of nitriles is 1. The molecule has 3 aromatic rings. The highest BCUT2D eigenvalue weighted by atomic mass is 32.5. The van der Waals surface area contributed by atoms with E-state index in [0.717, 1.165) is 0 Å². The van der Waals surface area contributed by atoms with Crippen molar-refractivity contribution in [3.8, 4) is 6.07 Å². The zero-order valence-electron chi connectivity index (χ0n) is 33.0. The van der Waals surface area contributed by atoms with Crippen LogP contribution in [0, 0.1) is 23.2 Å². The van der Waals surface area contributed by atoms with Crippen LogP contribution in [-0.2, 0) is 48.4 Å². The molecule has 1 unspecified atom stereocenters. The van der Waals surface area contributed by atoms with Gasteiger partial charge in [0.25, 0.3) is 5.56 Å². The number of H-pyrrole nitrogens is 1. The minimum absolute atomic E-state index is 0.00836. The summed E-state index contributed by atoms with van der Waals surface area (Å²) in [5.41, 5.74) is -0.762. The van der Waals surface area contributed by atoms with E-state index in [9.17, 15) is 29.4 Å². The second-order valence-corrected chi connectivity index (χ2v) is 24.0. The van der Waals surface area contributed by atoms with Crippen molar-refractivity contribution in [3.63, 3.8) is 0 Å². The van der Waals surface area contributed by atoms with Gasteiger partial charge in [0.05, 0.1) is 44.7 Å². The highest BCUT2D eigenvalue weighted by Crippen LogP contribution is 2.56. The number of aliphatic hydroxyl groups is 1. The summed E-state index contributed by atoms with van der Waals surface area (Å²) in [6.45, 7) is 8.22. The summed E-state index contributed by atoms with van der Waals surface area (Å²) in [6, 6.07) is 2.60. The molecule has 1 aliphatic carbocycles. The Morgan fingerprint density at radius 3 is 2.64 bits per heavy atom. The largest absolute Gasteiger partial charge is 0.695 e. The number of nitrogens with one attached hydrogen (secondary N) is 3. The molecule has 1 saturated heterocycles. The first-order valence-electron chi connectivity index (χ1n) is 18.4. The molecule has 318 valence electrons. The van der Waals surface area contributed by atoms with Crippen LogP contribution in [0.5, 0.6) is 0 Å². The molecule has 3 aromatic heterocycles. The van der Waals surface area contributed by atoms with Crippen molar-refractivity contribution >= 4 is 63.9 Å². The van der Waals surface area contributed by atoms with Crippen molar-refractivity contribution in [2.24, 2.45) is 11.8 Å². The number of aliphatic hydroxyl groups excluding tert-OH is 1. The quantitative estimate of drug-likeness (QED) is 0.0680. The van der Waals surface area contributed by atoms with Gasteiger partial charge >= 0.3 is 15.0 Å². The predicted molar refractivity (Wildman–Crippen MR) is 213 cm³/mol. The first-order chi connectivity index (χ1) is 27.3. The van der Waals surface area contributed by atoms with Crippen molar-refractivity contribution in [3.05, 3.63) is 35.3 Å². The fraction of sp³-hybridized carbons (Fsp3) is 0.667. The molecule has 5 N–H and O–H groups in total. The molecule has 5 rings (SSSR count). The second kappa shape index (κ2) is 19.0. The summed E-state index contributed by atoms with van der Waals surface area (Å²) in [5, 5.41) is 25.3. The highest BCUT2D eigenvalue weighted by Gasteiger charge is 2.55. The Kier molecular flexibility index (Phi) is 15.0. The summed E-state index contributed by atoms with van der Waals surface area (Å²) in [6.07, 6.45) is -3.79. The third-order valence-electron chi connectivity index (χ3n) is 10.2. The van der Waals surface area contributed by atoms with Gasteiger partial charge in [-0.15, -0.1) is 9.42 Å². The number of alkyl halides is 1. The van der Waals surface area contributed by atoms with Gasteiger partial charge in [0, 0.05) is 22.6 Å². The Bertz CT molecular complexity index is 2070. The minimum Gasteiger partial charge on any atom is -0.408 e. The van der Waals surface area contributed by atoms with Crippen LogP contribution in [0.2, 0.25) is 18.1 Å². The van der Waals surface area contributed by atoms with Crippen molar-refractivity contribution in [1.82, 2.24) is 29.5 Å². The van der Waals surface area contributed by atoms with Crippen LogP contribution < -0.4 is 16.2 Å². The monoisotopic (exact) mass is 888 g/mol. The number of aromatic amines is 1. The molecule has 2 fully saturated rings. The Hall–Kier alpha value is -3.23. The number of imidazole rings is 1. The first-order valence-corrected chi connectivity index (χ1v) is 25.0. The van der Waals surface area contributed by atoms with Gasteiger partial charge in [-0.25, -0.2) is 19.3 Å². The van der Waals surface area contributed by atoms with Gasteiger partial charge in [-0.05, 0) is 42.4 Å². The van der Waals surface area contributed by atoms with E-state index < -0.39 is 96.1 Å². The summed E-state index contributed by atoms with van der Waals surface area (Å²) in [4.78, 5) is 54.5. The van der Waals surface area contributed by atoms with Crippen molar-refractivity contribution in [1.29, 1.82) is 5.26 Å². The zero-order valence-corrected chi connectivity index (χ0v) is 36.6. The average molecular weight is 889 g/mol. The van der Waals surface area contributed by atoms with Crippen molar-refractivity contribution in [2.45, 2.75) is 108 Å². The Labute approximate surface area is 340 Å². The lowest BCUT2D eigenvalue weighted by Crippen LogP contribution is -2.50. The van der Waals surface area contributed by atoms with E-state index in [-0.39, 0.29) is 48.2 Å². The molecule has 1 saturated carbocycles. The van der Waals surface area contributed by atoms with E-state index >= 15 is 4.39 Å². The van der Waals surface area contributed by atoms with Gasteiger partial charge in [-0.2, -0.15) is 10.2 Å². The van der Waals surface area contributed by atoms with Crippen molar-refractivity contribution < 1.29 is 51.0 Å². The van der Waals surface area contributed by atoms with Crippen LogP contribution in [-0.4, -0.2) is 110 Å². The summed E-state index contributed by atoms with van der Waals surface area (Å²) in [5.74, 6) is -1.52. The highest BCUT2D eigenvalue weighted by molar-refractivity contribution is 8.07. The SMILES string of the molecule is CC(C)C(=O)Nc1nc2c(ncn2[C@@H]2O[C@H](CO)[C@@H](O[Si](C)(C)C(C)(C)C)[C@H]2O[P@@](=S)(OCCC#N)OC[C@H]2C[C@@H](Nc3ccncn3)[C@@H](F)[C@@H]2O[P+](=O)O)c(=O)[nH]1. The summed E-state index contributed by atoms with van der Waals surface area (Å²) >= 11 is 5.97. The molecule has 0 spiro atoms. The topological polar surface area (TPSA) is 267 Å². The van der Waals surface area contributed by atoms with Gasteiger partial charge in [0.2, 0.25) is 11.9 Å². The van der Waals surface area contributed by atoms with E-state index in [4.69, 9.17) is 39.1 Å². The van der Waals surface area contributed by atoms with Crippen molar-refractivity contribution in [2.75, 3.05) is 30.5 Å². The number of ether oxygens (including phenoxy) is 1. The molecular formula is C33H49FN9O11P2SSi+. The van der Waals surface area contributed by atoms with E-state index in [1.54, 1.807) is 13.8 Å². The maximum atomic E-state index is 15.9. The molecule has 0 bridgehead atoms. The number of carbonyl (C=O) groups is 1. The number of hydrogen-bond donors (Lipinski definition) is 5. The molecule has 25 heteroatoms. The number of halogens is 1. The van der Waals surface area contributed by atoms with E-state index in [1.807, 2.05) is 39.9 Å². The van der Waals surface area contributed by atoms with Crippen LogP contribution in [0.25, 0.3) is 11.2 Å². The fourth-order valence-electron chi connectivity index (χ4n) is 6.12. The number of nitrogens with zero attached hydrogens (tertiary/aromatic N) is 6. The number of rotatable bonds is 18. The minimum atomic E-state index is -4.02. The van der Waals surface area contributed by atoms with Crippen LogP contribution in [0.1, 0.15) is 53.7 Å². The van der Waals surface area contributed by atoms with Gasteiger partial charge in [-0.3, -0.25) is 29.0 Å². The number of aromatic nitrogens is 6. The predicted octanol–water partition coefficient (Wildman–Crippen LogP) is 4.21. The first kappa shape index (κ1) is 45.8. The van der Waals surface area contributed by atoms with E-state index in [0.29, 0.717) is 5.82 Å². The normalized spacial score (nSPS) is 26.4. The molecule has 0 radical (unpaired) electrons. The second-order valence-electron chi connectivity index (χ2n) is 15.6. The van der Waals surface area contributed by atoms with Gasteiger partial charge in [0.15, 0.2) is 38.0 Å². The Morgan fingerprint density at radius 1 is 1.28 bits per heavy atom. The number of carbonyl (C=O) groups excluding carboxylic acids is 1. The summed E-state index contributed by atoms with van der Waals surface area (Å²) < 4.78 is 66.4. The van der Waals surface area contributed by atoms with Crippen LogP contribution in [0.3, 0.4) is 0 Å². The number of amides is 1. The summed E-state index contributed by atoms with van der Waals surface area (Å²) in [7, 11) is -5.92. The molecule has 4 heterocycles. The number of fused-ring (bicyclic) bond motifs is 1. The average Bonchev–Trinajstić information content (AvgIpc) is 3.80. The lowest BCUT2D eigenvalue weighted by Gasteiger charge is -2.41. The maximum absolute atomic E-state index is 15.9. The fourth-order valence-corrected chi connectivity index (χ4v) is 10.0. The van der Waals surface area contributed by atoms with Crippen LogP contribution >= 0.6 is 15.0 Å². The maximum Gasteiger partial charge on any atom is 0.695 e. The Balaban J connectivity index is 1.53. The number of anilines is 2. The molecular weight excluding hydrogens is 840 g/mol. The van der Waals surface area contributed by atoms with E-state index in [1.165, 1.54) is 29.5 Å². The standard InChI is InChI=1S/C33H48FN9O11P2SSi/c1-18(2)29(45)41-32-40-28-24(30(46)42-32)38-17-43(28)31-27(26(21(14-44)51-31)54-58(6,7)33(3,4)5)53-56(57,49-12-8-10-35)50-15-19-13-20(23(34)25(19)52-55(47)48)39-22-9-11-36-16-37-22/h9,11,16-21,23,25-27,31,44H,8,12-15H2,1-7H3,(H3-,36,37,39,40,41,42,45,46,47,48)/p+1/t19-,20-,21-,23-,25-,26-,27-,31-,56-/m1/s1. The molecule has 10 atom stereocenters. The Morgan fingerprint density at radius 2 is 2.02 bits per heavy atom. The zero-order chi connectivity index (χ0) is 42.6. The third kappa shape index (κ3) is 10.7. The lowest BCUT2D eigenvalue weighted by atomic mass is 10.1. The molecule has 0 aromatic carbocycles. The van der Waals surface area contributed by atoms with Crippen LogP contribution in [0.4, 0.5) is 16.2 Å². The lowest BCUT2D eigenvalue weighted by molar-refractivity contribution is -0.118. The molecule has 1 aliphatic heterocycles. The molecule has 20 nitrogen and oxygen atoms in total. The molecule has 2 aliphatic rings.